The number of carbonyl (C=O) groups excluding carboxylic acids is 4. The molecule has 9 atom stereocenters. The van der Waals surface area contributed by atoms with Gasteiger partial charge in [0.25, 0.3) is 29.2 Å². The number of carbonyl (C=O) groups is 4. The highest BCUT2D eigenvalue weighted by molar-refractivity contribution is 7.93. The van der Waals surface area contributed by atoms with Gasteiger partial charge in [0.2, 0.25) is 5.88 Å². The molecule has 43 heteroatoms. The highest BCUT2D eigenvalue weighted by Gasteiger charge is 2.51. The molecule has 3 aromatic heterocycles. The van der Waals surface area contributed by atoms with Crippen molar-refractivity contribution in [3.8, 4) is 50.4 Å². The minimum absolute atomic E-state index is 0.147. The molecule has 0 saturated carbocycles. The van der Waals surface area contributed by atoms with Crippen molar-refractivity contribution in [2.24, 2.45) is 27.7 Å². The molecule has 0 radical (unpaired) electrons. The van der Waals surface area contributed by atoms with Crippen LogP contribution in [0.15, 0.2) is 177 Å². The molecule has 7 heterocycles. The van der Waals surface area contributed by atoms with Gasteiger partial charge in [0.15, 0.2) is 58.3 Å². The van der Waals surface area contributed by atoms with Gasteiger partial charge in [0.1, 0.15) is 47.7 Å². The number of nitrogens with one attached hydrogen (secondary N) is 4. The van der Waals surface area contributed by atoms with Crippen molar-refractivity contribution in [2.75, 3.05) is 32.1 Å². The van der Waals surface area contributed by atoms with E-state index in [1.165, 1.54) is 110 Å². The number of aliphatic hydroxyl groups is 2. The van der Waals surface area contributed by atoms with Crippen LogP contribution >= 0.6 is 0 Å². The number of methoxy groups -OCH3 is 1. The summed E-state index contributed by atoms with van der Waals surface area (Å²) in [5.74, 6) is -5.85. The predicted molar refractivity (Wildman–Crippen MR) is 451 cm³/mol. The molecule has 4 amide bonds. The van der Waals surface area contributed by atoms with Crippen molar-refractivity contribution in [1.82, 2.24) is 36.5 Å². The van der Waals surface area contributed by atoms with Gasteiger partial charge < -0.3 is 38.9 Å². The molecule has 0 unspecified atom stereocenters. The smallest absolute Gasteiger partial charge is 0.264 e. The number of rotatable bonds is 28. The highest BCUT2D eigenvalue weighted by Crippen LogP contribution is 2.38. The lowest BCUT2D eigenvalue weighted by atomic mass is 9.95. The number of sulfone groups is 4. The van der Waals surface area contributed by atoms with Gasteiger partial charge in [-0.2, -0.15) is 0 Å². The molecule has 8 aromatic rings. The Bertz CT molecular complexity index is 5920. The number of hydrogen-bond acceptors (Lipinski definition) is 30. The molecule has 10 N–H and O–H groups in total. The Hall–Kier alpha value is -11.8. The number of benzene rings is 5. The van der Waals surface area contributed by atoms with Crippen molar-refractivity contribution in [3.63, 3.8) is 0 Å². The molecule has 4 aliphatic rings. The van der Waals surface area contributed by atoms with Crippen molar-refractivity contribution >= 4 is 85.8 Å². The Morgan fingerprint density at radius 1 is 0.452 bits per heavy atom. The molecule has 4 aliphatic heterocycles. The van der Waals surface area contributed by atoms with E-state index in [0.29, 0.717) is 102 Å². The minimum atomic E-state index is -3.89. The fraction of sp³-hybridized carbons (Fsp3) is 0.361. The summed E-state index contributed by atoms with van der Waals surface area (Å²) in [6.07, 6.45) is 4.90. The molecule has 0 bridgehead atoms. The van der Waals surface area contributed by atoms with E-state index in [9.17, 15) is 80.3 Å². The Balaban J connectivity index is 0.000000190. The second-order valence-corrected chi connectivity index (χ2v) is 40.9. The number of pyridine rings is 3. The predicted octanol–water partition coefficient (Wildman–Crippen LogP) is 7.65. The largest absolute Gasteiger partial charge is 0.481 e. The molecular weight excluding hydrogens is 1740 g/mol. The summed E-state index contributed by atoms with van der Waals surface area (Å²) in [6.45, 7) is 6.28. The molecule has 0 saturated heterocycles. The van der Waals surface area contributed by atoms with E-state index in [1.807, 2.05) is 12.1 Å². The lowest BCUT2D eigenvalue weighted by Gasteiger charge is -2.26. The molecule has 0 fully saturated rings. The Morgan fingerprint density at radius 3 is 1.00 bits per heavy atom. The number of hydrogen-bond donors (Lipinski definition) is 10. The van der Waals surface area contributed by atoms with Gasteiger partial charge in [-0.1, -0.05) is 99.5 Å². The van der Waals surface area contributed by atoms with Crippen molar-refractivity contribution < 1.29 is 126 Å². The lowest BCUT2D eigenvalue weighted by molar-refractivity contribution is -0.133. The van der Waals surface area contributed by atoms with Crippen molar-refractivity contribution in [3.05, 3.63) is 219 Å². The van der Waals surface area contributed by atoms with Gasteiger partial charge >= 0.3 is 0 Å². The van der Waals surface area contributed by atoms with Gasteiger partial charge in [0.05, 0.1) is 48.4 Å². The number of nitrogens with zero attached hydrogens (tertiary/aromatic N) is 7. The topological polar surface area (TPSA) is 518 Å². The Kier molecular flexibility index (Phi) is 31.3. The minimum Gasteiger partial charge on any atom is -0.481 e. The maximum absolute atomic E-state index is 14.9. The number of aryl methyl sites for hydroxylation is 1. The zero-order chi connectivity index (χ0) is 93.0. The monoisotopic (exact) mass is 1830 g/mol. The first-order chi connectivity index (χ1) is 59.1. The number of aromatic nitrogens is 3. The molecule has 12 rings (SSSR count). The first-order valence-corrected chi connectivity index (χ1v) is 45.8. The zero-order valence-corrected chi connectivity index (χ0v) is 73.0. The summed E-state index contributed by atoms with van der Waals surface area (Å²) in [4.78, 5) is 89.1. The van der Waals surface area contributed by atoms with E-state index in [4.69, 9.17) is 50.0 Å². The summed E-state index contributed by atoms with van der Waals surface area (Å²) in [5.41, 5.74) is 13.8. The van der Waals surface area contributed by atoms with E-state index in [0.717, 1.165) is 30.6 Å². The van der Waals surface area contributed by atoms with E-state index in [1.54, 1.807) is 105 Å². The number of amides is 4. The van der Waals surface area contributed by atoms with E-state index >= 15 is 0 Å². The average Bonchev–Trinajstić information content (AvgIpc) is 1.64. The summed E-state index contributed by atoms with van der Waals surface area (Å²) in [6, 6.07) is 34.9. The number of aliphatic hydroxyl groups excluding tert-OH is 2. The summed E-state index contributed by atoms with van der Waals surface area (Å²) < 4.78 is 155. The fourth-order valence-electron chi connectivity index (χ4n) is 13.6. The van der Waals surface area contributed by atoms with Gasteiger partial charge in [-0.15, -0.1) is 0 Å². The molecule has 0 aliphatic carbocycles. The van der Waals surface area contributed by atoms with Crippen LogP contribution in [0.2, 0.25) is 0 Å². The lowest BCUT2D eigenvalue weighted by Crippen LogP contribution is -2.51. The first kappa shape index (κ1) is 98.0. The molecule has 126 heavy (non-hydrogen) atoms. The SMILES string of the molecule is COc1ccc(-c2ccc(C3=NO[C@@H](C[C@](C)(C(=O)NO)S(C)(=O)=O)C3)cc2F)cn1.C[C@@H](O)Cc1ccc(-c2ccc(C3=NO[C@@H](C[C@](C)(C(=O)NO)S(C)(=O)=O)C3)cc2F)cc1.C[C@@](C[C@H]1CC(c2ccc(-c3ccc(CO)nc3)c(F)c2)=NO1)(C(=O)NO)S(C)(=O)=O.Cn1ccc(-c2ccc(C3=NO[C@@H](C[C@](C)(C(=O)NO)S(C)(=O)=O)C3)cc2F)cc1=O. The first-order valence-electron chi connectivity index (χ1n) is 38.3. The normalized spacial score (nSPS) is 18.2. The van der Waals surface area contributed by atoms with Crippen LogP contribution in [0, 0.1) is 23.3 Å². The van der Waals surface area contributed by atoms with Gasteiger partial charge in [0, 0.05) is 170 Å². The molecular formula is C83H93F4N11O24S4. The van der Waals surface area contributed by atoms with Crippen LogP contribution in [0.1, 0.15) is 119 Å². The van der Waals surface area contributed by atoms with E-state index < -0.39 is 136 Å². The van der Waals surface area contributed by atoms with Crippen LogP contribution < -0.4 is 32.2 Å². The standard InChI is InChI=1S/C23H27FN2O6S.3C20H22FN3O6S/c1-14(27)10-15-4-6-16(7-5-15)19-9-8-17(11-20(19)24)21-12-18(32-26-21)13-23(2,22(28)25-29)33(3,30)31;1-20(19(25)23-26,31(3,27)28)10-14-9-17(24-30-14)12-4-6-15(16(21)8-12)13-5-7-18(29-2)22-11-13;1-20(19(26)22-27,31(3,28)29)11-14-10-17(23-30-14)13-4-5-15(16(21)8-13)12-6-7-24(2)18(25)9-12;1-20(19(26)23-27,31(2,28)29)9-15-8-18(24-30-15)12-4-6-16(17(21)7-12)13-3-5-14(11-25)22-10-13/h4-9,11,14,18,27,29H,10,12-13H2,1-3H3,(H,25,28);4-8,11,14,26H,9-10H2,1-3H3,(H,23,25);4-9,14,27H,10-11H2,1-3H3,(H,22,26);3-7,10,15,25,27H,8-9,11H2,1-2H3,(H,23,26)/t14-,18-,23-;2*14-,20-;15-,20-/m1111/s1. The van der Waals surface area contributed by atoms with Crippen LogP contribution in [-0.4, -0.2) is 207 Å². The highest BCUT2D eigenvalue weighted by atomic mass is 32.2. The molecule has 5 aromatic carbocycles. The number of hydroxylamine groups is 4. The third-order valence-electron chi connectivity index (χ3n) is 22.0. The molecule has 0 spiro atoms. The number of halogens is 4. The second-order valence-electron chi connectivity index (χ2n) is 31.1. The Morgan fingerprint density at radius 2 is 0.746 bits per heavy atom. The molecule has 35 nitrogen and oxygen atoms in total. The number of ether oxygens (including phenoxy) is 1. The van der Waals surface area contributed by atoms with Crippen LogP contribution in [0.5, 0.6) is 5.88 Å². The van der Waals surface area contributed by atoms with Gasteiger partial charge in [-0.05, 0) is 100 Å². The van der Waals surface area contributed by atoms with Crippen LogP contribution in [0.4, 0.5) is 17.6 Å². The van der Waals surface area contributed by atoms with E-state index in [2.05, 4.69) is 30.6 Å². The van der Waals surface area contributed by atoms with Crippen LogP contribution in [-0.2, 0) is 98.0 Å². The average molecular weight is 1830 g/mol. The van der Waals surface area contributed by atoms with Crippen molar-refractivity contribution in [1.29, 1.82) is 0 Å². The summed E-state index contributed by atoms with van der Waals surface area (Å²) in [5, 5.41) is 70.0. The Labute approximate surface area is 721 Å². The van der Waals surface area contributed by atoms with Crippen molar-refractivity contribution in [2.45, 2.75) is 149 Å². The zero-order valence-electron chi connectivity index (χ0n) is 69.7. The molecule has 676 valence electrons. The summed E-state index contributed by atoms with van der Waals surface area (Å²) >= 11 is 0. The maximum atomic E-state index is 14.9. The van der Waals surface area contributed by atoms with Crippen LogP contribution in [0.3, 0.4) is 0 Å². The third-order valence-corrected chi connectivity index (χ3v) is 29.9. The van der Waals surface area contributed by atoms with Crippen LogP contribution in [0.25, 0.3) is 44.5 Å². The van der Waals surface area contributed by atoms with Gasteiger partial charge in [-0.3, -0.25) is 49.8 Å². The fourth-order valence-corrected chi connectivity index (χ4v) is 17.1. The second kappa shape index (κ2) is 40.2. The van der Waals surface area contributed by atoms with E-state index in [-0.39, 0.29) is 69.1 Å². The third kappa shape index (κ3) is 22.7. The maximum Gasteiger partial charge on any atom is 0.264 e. The quantitative estimate of drug-likeness (QED) is 0.0128. The van der Waals surface area contributed by atoms with Gasteiger partial charge in [-0.25, -0.2) is 78.1 Å². The number of oxime groups is 4. The summed E-state index contributed by atoms with van der Waals surface area (Å²) in [7, 11) is -12.4.